The molecule has 0 unspecified atom stereocenters. The molecule has 0 aliphatic carbocycles. The highest BCUT2D eigenvalue weighted by molar-refractivity contribution is 5.99. The molecule has 0 aromatic heterocycles. The molecule has 0 aliphatic rings. The first-order valence-electron chi connectivity index (χ1n) is 6.95. The maximum Gasteiger partial charge on any atom is 0.306 e. The molecule has 2 aromatic rings. The molecule has 8 heteroatoms. The molecule has 0 radical (unpaired) electrons. The fourth-order valence-electron chi connectivity index (χ4n) is 1.98. The summed E-state index contributed by atoms with van der Waals surface area (Å²) < 4.78 is 13.2. The van der Waals surface area contributed by atoms with Crippen molar-refractivity contribution < 1.29 is 18.9 Å². The summed E-state index contributed by atoms with van der Waals surface area (Å²) in [7, 11) is 0. The normalized spacial score (nSPS) is 10.1. The Balaban J connectivity index is 1.95. The number of rotatable bonds is 5. The van der Waals surface area contributed by atoms with Crippen molar-refractivity contribution in [1.29, 1.82) is 0 Å². The summed E-state index contributed by atoms with van der Waals surface area (Å²) in [6.45, 7) is 1.52. The van der Waals surface area contributed by atoms with E-state index in [4.69, 9.17) is 0 Å². The highest BCUT2D eigenvalue weighted by atomic mass is 19.1. The van der Waals surface area contributed by atoms with Gasteiger partial charge in [-0.15, -0.1) is 0 Å². The van der Waals surface area contributed by atoms with E-state index in [1.807, 2.05) is 13.0 Å². The van der Waals surface area contributed by atoms with Crippen molar-refractivity contribution in [3.8, 4) is 0 Å². The zero-order valence-electron chi connectivity index (χ0n) is 12.7. The van der Waals surface area contributed by atoms with Crippen LogP contribution in [0.15, 0.2) is 42.5 Å². The second-order valence-electron chi connectivity index (χ2n) is 5.02. The zero-order chi connectivity index (χ0) is 17.7. The molecule has 0 bridgehead atoms. The molecule has 0 spiro atoms. The van der Waals surface area contributed by atoms with E-state index in [-0.39, 0.29) is 12.2 Å². The molecule has 2 rings (SSSR count). The van der Waals surface area contributed by atoms with Crippen molar-refractivity contribution in [2.24, 2.45) is 0 Å². The first-order chi connectivity index (χ1) is 11.4. The quantitative estimate of drug-likeness (QED) is 0.649. The molecule has 0 atom stereocenters. The third-order valence-corrected chi connectivity index (χ3v) is 3.12. The van der Waals surface area contributed by atoms with Gasteiger partial charge in [0, 0.05) is 17.3 Å². The van der Waals surface area contributed by atoms with Crippen LogP contribution in [0.2, 0.25) is 0 Å². The number of nitrogens with zero attached hydrogens (tertiary/aromatic N) is 1. The van der Waals surface area contributed by atoms with Crippen molar-refractivity contribution in [2.45, 2.75) is 6.92 Å². The number of aryl methyl sites for hydroxylation is 1. The molecule has 24 heavy (non-hydrogen) atoms. The molecule has 2 N–H and O–H groups in total. The van der Waals surface area contributed by atoms with E-state index in [0.29, 0.717) is 5.56 Å². The molecule has 0 aliphatic heterocycles. The number of anilines is 1. The summed E-state index contributed by atoms with van der Waals surface area (Å²) in [5.41, 5.74) is 0.653. The number of carbonyl (C=O) groups excluding carboxylic acids is 2. The van der Waals surface area contributed by atoms with Gasteiger partial charge in [0.25, 0.3) is 5.91 Å². The average molecular weight is 331 g/mol. The number of nitro groups is 1. The summed E-state index contributed by atoms with van der Waals surface area (Å²) in [6, 6.07) is 9.85. The fraction of sp³-hybridized carbons (Fsp3) is 0.125. The smallest absolute Gasteiger partial charge is 0.306 e. The van der Waals surface area contributed by atoms with Crippen LogP contribution in [-0.2, 0) is 4.79 Å². The predicted molar refractivity (Wildman–Crippen MR) is 85.2 cm³/mol. The average Bonchev–Trinajstić information content (AvgIpc) is 2.54. The summed E-state index contributed by atoms with van der Waals surface area (Å²) in [5.74, 6) is -2.00. The number of amides is 2. The first kappa shape index (κ1) is 17.1. The number of carbonyl (C=O) groups is 2. The molecule has 2 amide bonds. The lowest BCUT2D eigenvalue weighted by Gasteiger charge is -2.07. The van der Waals surface area contributed by atoms with E-state index < -0.39 is 28.2 Å². The summed E-state index contributed by atoms with van der Waals surface area (Å²) in [5, 5.41) is 15.4. The molecule has 0 heterocycles. The van der Waals surface area contributed by atoms with Crippen LogP contribution in [0.25, 0.3) is 0 Å². The first-order valence-corrected chi connectivity index (χ1v) is 6.95. The third kappa shape index (κ3) is 4.35. The van der Waals surface area contributed by atoms with Gasteiger partial charge >= 0.3 is 5.69 Å². The number of nitro benzene ring substituents is 1. The number of hydrogen-bond acceptors (Lipinski definition) is 4. The standard InChI is InChI=1S/C16H14FN3O4/c1-10-3-2-4-11(7-10)16(22)18-9-15(21)19-12-5-6-13(17)14(8-12)20(23)24/h2-8H,9H2,1H3,(H,18,22)(H,19,21). The van der Waals surface area contributed by atoms with E-state index in [1.165, 1.54) is 6.07 Å². The van der Waals surface area contributed by atoms with E-state index in [2.05, 4.69) is 10.6 Å². The van der Waals surface area contributed by atoms with Gasteiger partial charge in [-0.1, -0.05) is 17.7 Å². The van der Waals surface area contributed by atoms with Gasteiger partial charge in [-0.05, 0) is 31.2 Å². The molecule has 0 saturated heterocycles. The lowest BCUT2D eigenvalue weighted by molar-refractivity contribution is -0.387. The lowest BCUT2D eigenvalue weighted by atomic mass is 10.1. The Kier molecular flexibility index (Phi) is 5.20. The van der Waals surface area contributed by atoms with Crippen LogP contribution in [-0.4, -0.2) is 23.3 Å². The molecular weight excluding hydrogens is 317 g/mol. The summed E-state index contributed by atoms with van der Waals surface area (Å²) in [6.07, 6.45) is 0. The van der Waals surface area contributed by atoms with E-state index >= 15 is 0 Å². The van der Waals surface area contributed by atoms with Crippen LogP contribution in [0.1, 0.15) is 15.9 Å². The number of nitrogens with one attached hydrogen (secondary N) is 2. The van der Waals surface area contributed by atoms with Crippen LogP contribution in [0, 0.1) is 22.9 Å². The SMILES string of the molecule is Cc1cccc(C(=O)NCC(=O)Nc2ccc(F)c([N+](=O)[O-])c2)c1. The van der Waals surface area contributed by atoms with Crippen LogP contribution in [0.4, 0.5) is 15.8 Å². The Labute approximate surface area is 136 Å². The molecule has 0 fully saturated rings. The minimum atomic E-state index is -0.995. The van der Waals surface area contributed by atoms with Crippen molar-refractivity contribution >= 4 is 23.2 Å². The fourth-order valence-corrected chi connectivity index (χ4v) is 1.98. The van der Waals surface area contributed by atoms with Gasteiger partial charge < -0.3 is 10.6 Å². The highest BCUT2D eigenvalue weighted by Crippen LogP contribution is 2.21. The lowest BCUT2D eigenvalue weighted by Crippen LogP contribution is -2.32. The number of benzene rings is 2. The van der Waals surface area contributed by atoms with Gasteiger partial charge in [0.1, 0.15) is 0 Å². The van der Waals surface area contributed by atoms with E-state index in [9.17, 15) is 24.1 Å². The Morgan fingerprint density at radius 1 is 1.21 bits per heavy atom. The minimum absolute atomic E-state index is 0.0675. The third-order valence-electron chi connectivity index (χ3n) is 3.12. The van der Waals surface area contributed by atoms with Crippen molar-refractivity contribution in [3.63, 3.8) is 0 Å². The largest absolute Gasteiger partial charge is 0.343 e. The van der Waals surface area contributed by atoms with Gasteiger partial charge in [0.05, 0.1) is 11.5 Å². The van der Waals surface area contributed by atoms with Crippen LogP contribution in [0.5, 0.6) is 0 Å². The molecule has 0 saturated carbocycles. The van der Waals surface area contributed by atoms with Crippen LogP contribution < -0.4 is 10.6 Å². The second kappa shape index (κ2) is 7.32. The summed E-state index contributed by atoms with van der Waals surface area (Å²) in [4.78, 5) is 33.5. The number of hydrogen-bond donors (Lipinski definition) is 2. The van der Waals surface area contributed by atoms with Crippen LogP contribution >= 0.6 is 0 Å². The van der Waals surface area contributed by atoms with E-state index in [0.717, 1.165) is 17.7 Å². The monoisotopic (exact) mass is 331 g/mol. The molecule has 124 valence electrons. The maximum absolute atomic E-state index is 13.2. The molecule has 7 nitrogen and oxygen atoms in total. The van der Waals surface area contributed by atoms with E-state index in [1.54, 1.807) is 18.2 Å². The highest BCUT2D eigenvalue weighted by Gasteiger charge is 2.15. The Hall–Kier alpha value is -3.29. The summed E-state index contributed by atoms with van der Waals surface area (Å²) >= 11 is 0. The molecule has 2 aromatic carbocycles. The van der Waals surface area contributed by atoms with Gasteiger partial charge in [-0.3, -0.25) is 19.7 Å². The Morgan fingerprint density at radius 2 is 1.96 bits per heavy atom. The van der Waals surface area contributed by atoms with Crippen LogP contribution in [0.3, 0.4) is 0 Å². The second-order valence-corrected chi connectivity index (χ2v) is 5.02. The molecular formula is C16H14FN3O4. The van der Waals surface area contributed by atoms with Crippen molar-refractivity contribution in [1.82, 2.24) is 5.32 Å². The Bertz CT molecular complexity index is 808. The Morgan fingerprint density at radius 3 is 2.62 bits per heavy atom. The van der Waals surface area contributed by atoms with Crippen molar-refractivity contribution in [2.75, 3.05) is 11.9 Å². The van der Waals surface area contributed by atoms with Gasteiger partial charge in [-0.25, -0.2) is 0 Å². The zero-order valence-corrected chi connectivity index (χ0v) is 12.7. The predicted octanol–water partition coefficient (Wildman–Crippen LogP) is 2.41. The minimum Gasteiger partial charge on any atom is -0.343 e. The van der Waals surface area contributed by atoms with Gasteiger partial charge in [-0.2, -0.15) is 4.39 Å². The number of halogens is 1. The maximum atomic E-state index is 13.2. The topological polar surface area (TPSA) is 101 Å². The van der Waals surface area contributed by atoms with Gasteiger partial charge in [0.2, 0.25) is 11.7 Å². The van der Waals surface area contributed by atoms with Gasteiger partial charge in [0.15, 0.2) is 0 Å². The van der Waals surface area contributed by atoms with Crippen molar-refractivity contribution in [3.05, 3.63) is 69.5 Å².